The lowest BCUT2D eigenvalue weighted by Crippen LogP contribution is -2.25. The molecule has 1 saturated carbocycles. The van der Waals surface area contributed by atoms with E-state index in [-0.39, 0.29) is 0 Å². The highest BCUT2D eigenvalue weighted by molar-refractivity contribution is 5.31. The Morgan fingerprint density at radius 1 is 1.19 bits per heavy atom. The van der Waals surface area contributed by atoms with Gasteiger partial charge >= 0.3 is 0 Å². The highest BCUT2D eigenvalue weighted by Crippen LogP contribution is 2.18. The van der Waals surface area contributed by atoms with Crippen LogP contribution in [-0.4, -0.2) is 16.2 Å². The first-order valence-corrected chi connectivity index (χ1v) is 7.81. The van der Waals surface area contributed by atoms with E-state index in [0.29, 0.717) is 18.5 Å². The van der Waals surface area contributed by atoms with Gasteiger partial charge in [-0.15, -0.1) is 0 Å². The molecule has 2 aromatic rings. The van der Waals surface area contributed by atoms with Gasteiger partial charge in [0.25, 0.3) is 0 Å². The van der Waals surface area contributed by atoms with Crippen LogP contribution >= 0.6 is 0 Å². The minimum atomic E-state index is 0.625. The van der Waals surface area contributed by atoms with E-state index in [0.717, 1.165) is 12.2 Å². The molecule has 3 rings (SSSR count). The van der Waals surface area contributed by atoms with Crippen LogP contribution in [0.25, 0.3) is 0 Å². The standard InChI is InChI=1S/C17H23N3O/c1-12-7-8-14(9-13(12)2)10-16-19-17(21-20-16)11-18-15-5-3-4-6-15/h7-9,15,18H,3-6,10-11H2,1-2H3. The summed E-state index contributed by atoms with van der Waals surface area (Å²) >= 11 is 0. The summed E-state index contributed by atoms with van der Waals surface area (Å²) in [5.74, 6) is 1.46. The highest BCUT2D eigenvalue weighted by Gasteiger charge is 2.15. The van der Waals surface area contributed by atoms with E-state index < -0.39 is 0 Å². The third-order valence-corrected chi connectivity index (χ3v) is 4.34. The van der Waals surface area contributed by atoms with E-state index in [1.54, 1.807) is 0 Å². The molecular formula is C17H23N3O. The van der Waals surface area contributed by atoms with Crippen molar-refractivity contribution >= 4 is 0 Å². The van der Waals surface area contributed by atoms with Gasteiger partial charge in [-0.1, -0.05) is 36.2 Å². The molecule has 1 aromatic heterocycles. The van der Waals surface area contributed by atoms with Crippen molar-refractivity contribution in [1.82, 2.24) is 15.5 Å². The molecule has 0 atom stereocenters. The number of benzene rings is 1. The highest BCUT2D eigenvalue weighted by atomic mass is 16.5. The monoisotopic (exact) mass is 285 g/mol. The van der Waals surface area contributed by atoms with Gasteiger partial charge in [-0.25, -0.2) is 0 Å². The van der Waals surface area contributed by atoms with Crippen LogP contribution in [0.15, 0.2) is 22.7 Å². The Labute approximate surface area is 126 Å². The van der Waals surface area contributed by atoms with Gasteiger partial charge in [0.2, 0.25) is 5.89 Å². The number of nitrogens with zero attached hydrogens (tertiary/aromatic N) is 2. The zero-order chi connectivity index (χ0) is 14.7. The first kappa shape index (κ1) is 14.3. The van der Waals surface area contributed by atoms with Crippen molar-refractivity contribution < 1.29 is 4.52 Å². The topological polar surface area (TPSA) is 51.0 Å². The molecule has 4 nitrogen and oxygen atoms in total. The van der Waals surface area contributed by atoms with Crippen molar-refractivity contribution in [3.63, 3.8) is 0 Å². The van der Waals surface area contributed by atoms with Crippen LogP contribution in [0.3, 0.4) is 0 Å². The second-order valence-corrected chi connectivity index (χ2v) is 6.06. The second-order valence-electron chi connectivity index (χ2n) is 6.06. The zero-order valence-electron chi connectivity index (χ0n) is 12.9. The number of hydrogen-bond acceptors (Lipinski definition) is 4. The van der Waals surface area contributed by atoms with E-state index in [9.17, 15) is 0 Å². The third-order valence-electron chi connectivity index (χ3n) is 4.34. The molecule has 1 heterocycles. The molecule has 1 fully saturated rings. The summed E-state index contributed by atoms with van der Waals surface area (Å²) in [7, 11) is 0. The van der Waals surface area contributed by atoms with Crippen molar-refractivity contribution in [1.29, 1.82) is 0 Å². The second kappa shape index (κ2) is 6.39. The van der Waals surface area contributed by atoms with Gasteiger partial charge in [-0.05, 0) is 43.4 Å². The summed E-state index contributed by atoms with van der Waals surface area (Å²) in [6, 6.07) is 7.10. The van der Waals surface area contributed by atoms with E-state index >= 15 is 0 Å². The Bertz CT molecular complexity index is 600. The predicted octanol–water partition coefficient (Wildman–Crippen LogP) is 3.31. The first-order valence-electron chi connectivity index (χ1n) is 7.81. The molecule has 1 aliphatic carbocycles. The van der Waals surface area contributed by atoms with Crippen LogP contribution in [0.2, 0.25) is 0 Å². The van der Waals surface area contributed by atoms with Gasteiger partial charge in [0.1, 0.15) is 0 Å². The molecule has 0 aliphatic heterocycles. The summed E-state index contributed by atoms with van der Waals surface area (Å²) < 4.78 is 5.33. The molecule has 0 radical (unpaired) electrons. The lowest BCUT2D eigenvalue weighted by atomic mass is 10.0. The summed E-state index contributed by atoms with van der Waals surface area (Å²) in [5, 5.41) is 7.58. The average molecular weight is 285 g/mol. The van der Waals surface area contributed by atoms with Crippen LogP contribution in [-0.2, 0) is 13.0 Å². The summed E-state index contributed by atoms with van der Waals surface area (Å²) in [6.45, 7) is 4.94. The molecule has 0 amide bonds. The van der Waals surface area contributed by atoms with Gasteiger partial charge < -0.3 is 9.84 Å². The van der Waals surface area contributed by atoms with Crippen molar-refractivity contribution in [2.45, 2.75) is 58.5 Å². The van der Waals surface area contributed by atoms with Crippen LogP contribution in [0.4, 0.5) is 0 Å². The maximum atomic E-state index is 5.33. The molecule has 4 heteroatoms. The molecule has 0 unspecified atom stereocenters. The van der Waals surface area contributed by atoms with E-state index in [2.05, 4.69) is 47.5 Å². The molecule has 1 aliphatic rings. The quantitative estimate of drug-likeness (QED) is 0.915. The van der Waals surface area contributed by atoms with E-state index in [4.69, 9.17) is 4.52 Å². The molecule has 1 N–H and O–H groups in total. The van der Waals surface area contributed by atoms with Crippen LogP contribution in [0.1, 0.15) is 54.1 Å². The number of aromatic nitrogens is 2. The van der Waals surface area contributed by atoms with Gasteiger partial charge in [-0.2, -0.15) is 4.98 Å². The number of nitrogens with one attached hydrogen (secondary N) is 1. The Morgan fingerprint density at radius 2 is 2.00 bits per heavy atom. The molecule has 0 saturated heterocycles. The zero-order valence-corrected chi connectivity index (χ0v) is 12.9. The maximum Gasteiger partial charge on any atom is 0.240 e. The molecule has 21 heavy (non-hydrogen) atoms. The largest absolute Gasteiger partial charge is 0.338 e. The van der Waals surface area contributed by atoms with Crippen molar-refractivity contribution in [2.24, 2.45) is 0 Å². The Kier molecular flexibility index (Phi) is 4.34. The van der Waals surface area contributed by atoms with E-state index in [1.807, 2.05) is 0 Å². The summed E-state index contributed by atoms with van der Waals surface area (Å²) in [5.41, 5.74) is 3.85. The van der Waals surface area contributed by atoms with Crippen molar-refractivity contribution in [3.8, 4) is 0 Å². The fourth-order valence-corrected chi connectivity index (χ4v) is 2.89. The van der Waals surface area contributed by atoms with Gasteiger partial charge in [0, 0.05) is 12.5 Å². The van der Waals surface area contributed by atoms with Crippen LogP contribution in [0.5, 0.6) is 0 Å². The number of aryl methyl sites for hydroxylation is 2. The smallest absolute Gasteiger partial charge is 0.240 e. The van der Waals surface area contributed by atoms with Gasteiger partial charge in [0.15, 0.2) is 5.82 Å². The fourth-order valence-electron chi connectivity index (χ4n) is 2.89. The minimum Gasteiger partial charge on any atom is -0.338 e. The molecule has 1 aromatic carbocycles. The Morgan fingerprint density at radius 3 is 2.76 bits per heavy atom. The fraction of sp³-hybridized carbons (Fsp3) is 0.529. The van der Waals surface area contributed by atoms with Gasteiger partial charge in [-0.3, -0.25) is 0 Å². The normalized spacial score (nSPS) is 15.7. The Hall–Kier alpha value is -1.68. The average Bonchev–Trinajstić information content (AvgIpc) is 3.12. The summed E-state index contributed by atoms with van der Waals surface area (Å²) in [6.07, 6.45) is 5.93. The first-order chi connectivity index (χ1) is 10.2. The Balaban J connectivity index is 1.57. The number of rotatable bonds is 5. The molecule has 0 spiro atoms. The molecule has 0 bridgehead atoms. The van der Waals surface area contributed by atoms with E-state index in [1.165, 1.54) is 42.4 Å². The lowest BCUT2D eigenvalue weighted by molar-refractivity contribution is 0.353. The lowest BCUT2D eigenvalue weighted by Gasteiger charge is -2.08. The maximum absolute atomic E-state index is 5.33. The summed E-state index contributed by atoms with van der Waals surface area (Å²) in [4.78, 5) is 4.48. The minimum absolute atomic E-state index is 0.625. The SMILES string of the molecule is Cc1ccc(Cc2noc(CNC3CCCC3)n2)cc1C. The van der Waals surface area contributed by atoms with Gasteiger partial charge in [0.05, 0.1) is 6.54 Å². The van der Waals surface area contributed by atoms with Crippen LogP contribution < -0.4 is 5.32 Å². The third kappa shape index (κ3) is 3.70. The predicted molar refractivity (Wildman–Crippen MR) is 82.1 cm³/mol. The number of hydrogen-bond donors (Lipinski definition) is 1. The molecule has 112 valence electrons. The molecular weight excluding hydrogens is 262 g/mol. The van der Waals surface area contributed by atoms with Crippen molar-refractivity contribution in [2.75, 3.05) is 0 Å². The van der Waals surface area contributed by atoms with Crippen molar-refractivity contribution in [3.05, 3.63) is 46.6 Å². The van der Waals surface area contributed by atoms with Crippen LogP contribution in [0, 0.1) is 13.8 Å².